The van der Waals surface area contributed by atoms with Crippen LogP contribution < -0.4 is 0 Å². The van der Waals surface area contributed by atoms with Gasteiger partial charge in [0.05, 0.1) is 41.7 Å². The number of piperazine rings is 1. The number of amides is 1. The zero-order valence-electron chi connectivity index (χ0n) is 13.3. The molecule has 2 aliphatic rings. The van der Waals surface area contributed by atoms with E-state index in [0.29, 0.717) is 5.69 Å². The second kappa shape index (κ2) is 5.74. The molecular weight excluding hydrogens is 356 g/mol. The Balaban J connectivity index is 1.94. The molecule has 0 N–H and O–H groups in total. The molecule has 0 saturated carbocycles. The normalized spacial score (nSPS) is 27.0. The highest BCUT2D eigenvalue weighted by molar-refractivity contribution is 7.92. The predicted octanol–water partition coefficient (Wildman–Crippen LogP) is -1.33. The van der Waals surface area contributed by atoms with Gasteiger partial charge in [-0.05, 0) is 6.92 Å². The van der Waals surface area contributed by atoms with Gasteiger partial charge in [-0.2, -0.15) is 4.31 Å². The molecule has 2 saturated heterocycles. The molecule has 11 heteroatoms. The number of rotatable bonds is 2. The van der Waals surface area contributed by atoms with Crippen molar-refractivity contribution in [1.82, 2.24) is 19.2 Å². The third-order valence-corrected chi connectivity index (χ3v) is 7.32. The number of carbonyl (C=O) groups excluding carboxylic acids is 1. The largest absolute Gasteiger partial charge is 0.330 e. The van der Waals surface area contributed by atoms with Gasteiger partial charge in [0.2, 0.25) is 10.0 Å². The van der Waals surface area contributed by atoms with Crippen LogP contribution in [0.3, 0.4) is 0 Å². The molecule has 24 heavy (non-hydrogen) atoms. The van der Waals surface area contributed by atoms with Crippen molar-refractivity contribution in [3.63, 3.8) is 0 Å². The molecule has 0 aromatic carbocycles. The molecule has 3 rings (SSSR count). The van der Waals surface area contributed by atoms with E-state index in [1.807, 2.05) is 0 Å². The number of sulfone groups is 1. The fourth-order valence-electron chi connectivity index (χ4n) is 3.24. The first-order chi connectivity index (χ1) is 11.1. The molecule has 0 spiro atoms. The molecule has 0 aliphatic carbocycles. The average molecular weight is 374 g/mol. The van der Waals surface area contributed by atoms with Crippen molar-refractivity contribution in [2.45, 2.75) is 19.0 Å². The van der Waals surface area contributed by atoms with Crippen LogP contribution in [0.5, 0.6) is 0 Å². The van der Waals surface area contributed by atoms with E-state index in [2.05, 4.69) is 9.97 Å². The molecule has 0 bridgehead atoms. The topological polar surface area (TPSA) is 118 Å². The van der Waals surface area contributed by atoms with Gasteiger partial charge in [-0.3, -0.25) is 9.78 Å². The molecule has 3 heterocycles. The Labute approximate surface area is 140 Å². The Bertz CT molecular complexity index is 866. The van der Waals surface area contributed by atoms with Crippen LogP contribution in [0.25, 0.3) is 0 Å². The lowest BCUT2D eigenvalue weighted by atomic mass is 10.1. The van der Waals surface area contributed by atoms with Crippen molar-refractivity contribution in [3.8, 4) is 0 Å². The van der Waals surface area contributed by atoms with Crippen LogP contribution in [0.1, 0.15) is 16.2 Å². The summed E-state index contributed by atoms with van der Waals surface area (Å²) in [5.41, 5.74) is 0.784. The highest BCUT2D eigenvalue weighted by atomic mass is 32.2. The van der Waals surface area contributed by atoms with E-state index in [9.17, 15) is 21.6 Å². The highest BCUT2D eigenvalue weighted by Gasteiger charge is 2.50. The van der Waals surface area contributed by atoms with Crippen molar-refractivity contribution < 1.29 is 21.6 Å². The molecule has 0 radical (unpaired) electrons. The van der Waals surface area contributed by atoms with E-state index in [4.69, 9.17) is 0 Å². The van der Waals surface area contributed by atoms with Gasteiger partial charge in [0.25, 0.3) is 5.91 Å². The second-order valence-corrected chi connectivity index (χ2v) is 10.2. The summed E-state index contributed by atoms with van der Waals surface area (Å²) in [6, 6.07) is -1.45. The average Bonchev–Trinajstić information content (AvgIpc) is 2.79. The van der Waals surface area contributed by atoms with Gasteiger partial charge >= 0.3 is 0 Å². The third kappa shape index (κ3) is 3.15. The summed E-state index contributed by atoms with van der Waals surface area (Å²) in [7, 11) is -6.96. The number of hydrogen-bond donors (Lipinski definition) is 0. The van der Waals surface area contributed by atoms with E-state index in [1.165, 1.54) is 21.6 Å². The van der Waals surface area contributed by atoms with Crippen LogP contribution in [0.2, 0.25) is 0 Å². The summed E-state index contributed by atoms with van der Waals surface area (Å²) < 4.78 is 49.1. The van der Waals surface area contributed by atoms with E-state index >= 15 is 0 Å². The zero-order chi connectivity index (χ0) is 17.7. The van der Waals surface area contributed by atoms with Crippen LogP contribution in [0.4, 0.5) is 0 Å². The third-order valence-electron chi connectivity index (χ3n) is 4.31. The van der Waals surface area contributed by atoms with Crippen LogP contribution >= 0.6 is 0 Å². The van der Waals surface area contributed by atoms with E-state index in [-0.39, 0.29) is 30.3 Å². The Kier molecular flexibility index (Phi) is 4.12. The van der Waals surface area contributed by atoms with Crippen molar-refractivity contribution in [2.75, 3.05) is 30.9 Å². The minimum atomic E-state index is -3.55. The van der Waals surface area contributed by atoms with Crippen molar-refractivity contribution in [2.24, 2.45) is 0 Å². The monoisotopic (exact) mass is 374 g/mol. The molecule has 2 atom stereocenters. The second-order valence-electron chi connectivity index (χ2n) is 6.13. The van der Waals surface area contributed by atoms with E-state index in [1.54, 1.807) is 6.92 Å². The van der Waals surface area contributed by atoms with Crippen LogP contribution in [0.15, 0.2) is 12.4 Å². The Morgan fingerprint density at radius 2 is 1.83 bits per heavy atom. The lowest BCUT2D eigenvalue weighted by Crippen LogP contribution is -2.61. The standard InChI is InChI=1S/C13H18N4O5S2/c1-9-5-15-10(6-14-9)13(18)16-3-4-17(23(2,19)20)12-8-24(21,22)7-11(12)16/h5-6,11-12H,3-4,7-8H2,1-2H3/t11-,12+/m1/s1. The molecular formula is C13H18N4O5S2. The van der Waals surface area contributed by atoms with Gasteiger partial charge in [0.1, 0.15) is 5.69 Å². The maximum atomic E-state index is 12.7. The summed E-state index contributed by atoms with van der Waals surface area (Å²) in [5.74, 6) is -0.939. The molecule has 1 aromatic heterocycles. The van der Waals surface area contributed by atoms with Crippen LogP contribution in [-0.4, -0.2) is 84.9 Å². The summed E-state index contributed by atoms with van der Waals surface area (Å²) in [5, 5.41) is 0. The molecule has 132 valence electrons. The fourth-order valence-corrected chi connectivity index (χ4v) is 6.43. The summed E-state index contributed by atoms with van der Waals surface area (Å²) in [6.45, 7) is 1.93. The van der Waals surface area contributed by atoms with Gasteiger partial charge < -0.3 is 4.90 Å². The van der Waals surface area contributed by atoms with Gasteiger partial charge in [0.15, 0.2) is 9.84 Å². The van der Waals surface area contributed by atoms with Gasteiger partial charge in [-0.1, -0.05) is 0 Å². The lowest BCUT2D eigenvalue weighted by Gasteiger charge is -2.42. The first-order valence-corrected chi connectivity index (χ1v) is 11.0. The number of carbonyl (C=O) groups is 1. The number of sulfonamides is 1. The number of aryl methyl sites for hydroxylation is 1. The van der Waals surface area contributed by atoms with Crippen molar-refractivity contribution in [3.05, 3.63) is 23.8 Å². The van der Waals surface area contributed by atoms with Gasteiger partial charge in [-0.25, -0.2) is 21.8 Å². The number of hydrogen-bond acceptors (Lipinski definition) is 7. The maximum absolute atomic E-state index is 12.7. The number of nitrogens with zero attached hydrogens (tertiary/aromatic N) is 4. The Morgan fingerprint density at radius 1 is 1.17 bits per heavy atom. The lowest BCUT2D eigenvalue weighted by molar-refractivity contribution is 0.0510. The van der Waals surface area contributed by atoms with Crippen LogP contribution in [-0.2, 0) is 19.9 Å². The molecule has 9 nitrogen and oxygen atoms in total. The Hall–Kier alpha value is -1.59. The molecule has 0 unspecified atom stereocenters. The van der Waals surface area contributed by atoms with Gasteiger partial charge in [0, 0.05) is 19.3 Å². The fraction of sp³-hybridized carbons (Fsp3) is 0.615. The Morgan fingerprint density at radius 3 is 2.42 bits per heavy atom. The van der Waals surface area contributed by atoms with Crippen molar-refractivity contribution >= 4 is 25.8 Å². The predicted molar refractivity (Wildman–Crippen MR) is 85.6 cm³/mol. The minimum Gasteiger partial charge on any atom is -0.330 e. The molecule has 2 fully saturated rings. The smallest absolute Gasteiger partial charge is 0.274 e. The zero-order valence-corrected chi connectivity index (χ0v) is 14.9. The van der Waals surface area contributed by atoms with E-state index < -0.39 is 37.9 Å². The van der Waals surface area contributed by atoms with Crippen LogP contribution in [0, 0.1) is 6.92 Å². The SMILES string of the molecule is Cc1cnc(C(=O)N2CCN(S(C)(=O)=O)[C@H]3CS(=O)(=O)C[C@H]32)cn1. The van der Waals surface area contributed by atoms with E-state index in [0.717, 1.165) is 6.26 Å². The summed E-state index contributed by atoms with van der Waals surface area (Å²) in [4.78, 5) is 22.2. The number of aromatic nitrogens is 2. The molecule has 2 aliphatic heterocycles. The first-order valence-electron chi connectivity index (χ1n) is 7.35. The summed E-state index contributed by atoms with van der Waals surface area (Å²) in [6.07, 6.45) is 3.86. The maximum Gasteiger partial charge on any atom is 0.274 e. The highest BCUT2D eigenvalue weighted by Crippen LogP contribution is 2.29. The molecule has 1 amide bonds. The minimum absolute atomic E-state index is 0.0700. The first kappa shape index (κ1) is 17.2. The quantitative estimate of drug-likeness (QED) is 0.629. The summed E-state index contributed by atoms with van der Waals surface area (Å²) >= 11 is 0. The van der Waals surface area contributed by atoms with Crippen molar-refractivity contribution in [1.29, 1.82) is 0 Å². The molecule has 1 aromatic rings. The van der Waals surface area contributed by atoms with Gasteiger partial charge in [-0.15, -0.1) is 0 Å². The number of fused-ring (bicyclic) bond motifs is 1.